The second kappa shape index (κ2) is 6.37. The lowest BCUT2D eigenvalue weighted by Crippen LogP contribution is -2.06. The van der Waals surface area contributed by atoms with E-state index in [0.29, 0.717) is 11.3 Å². The van der Waals surface area contributed by atoms with Crippen molar-refractivity contribution in [2.45, 2.75) is 26.5 Å². The predicted octanol–water partition coefficient (Wildman–Crippen LogP) is 3.50. The van der Waals surface area contributed by atoms with Gasteiger partial charge in [0, 0.05) is 12.1 Å². The van der Waals surface area contributed by atoms with Crippen LogP contribution in [0.2, 0.25) is 0 Å². The summed E-state index contributed by atoms with van der Waals surface area (Å²) in [4.78, 5) is 10.6. The Morgan fingerprint density at radius 2 is 2.00 bits per heavy atom. The third-order valence-electron chi connectivity index (χ3n) is 3.30. The summed E-state index contributed by atoms with van der Waals surface area (Å²) in [6.07, 6.45) is 0. The average Bonchev–Trinajstić information content (AvgIpc) is 2.46. The fourth-order valence-corrected chi connectivity index (χ4v) is 2.08. The number of benzene rings is 2. The van der Waals surface area contributed by atoms with Crippen LogP contribution in [0, 0.1) is 17.0 Å². The molecule has 5 nitrogen and oxygen atoms in total. The molecule has 0 aromatic heterocycles. The van der Waals surface area contributed by atoms with Gasteiger partial charge in [0.2, 0.25) is 0 Å². The smallest absolute Gasteiger partial charge is 0.276 e. The Morgan fingerprint density at radius 1 is 1.29 bits per heavy atom. The summed E-state index contributed by atoms with van der Waals surface area (Å²) in [6, 6.07) is 12.3. The standard InChI is InChI=1S/C16H18N2O3/c1-11-9-13(12(2)17)7-8-16(11)21-10-14-5-3-4-6-15(14)18(19)20/h3-9,12H,10,17H2,1-2H3. The Hall–Kier alpha value is -2.40. The molecule has 0 heterocycles. The monoisotopic (exact) mass is 286 g/mol. The van der Waals surface area contributed by atoms with Gasteiger partial charge in [0.05, 0.1) is 10.5 Å². The van der Waals surface area contributed by atoms with Crippen molar-refractivity contribution in [2.75, 3.05) is 0 Å². The predicted molar refractivity (Wildman–Crippen MR) is 81.2 cm³/mol. The van der Waals surface area contributed by atoms with Crippen LogP contribution in [-0.2, 0) is 6.61 Å². The number of hydrogen-bond acceptors (Lipinski definition) is 4. The number of nitro benzene ring substituents is 1. The second-order valence-corrected chi connectivity index (χ2v) is 4.99. The van der Waals surface area contributed by atoms with Gasteiger partial charge in [-0.05, 0) is 37.1 Å². The van der Waals surface area contributed by atoms with Gasteiger partial charge < -0.3 is 10.5 Å². The minimum absolute atomic E-state index is 0.0343. The van der Waals surface area contributed by atoms with Crippen LogP contribution in [0.1, 0.15) is 29.7 Å². The zero-order valence-corrected chi connectivity index (χ0v) is 12.1. The molecule has 1 atom stereocenters. The van der Waals surface area contributed by atoms with Crippen LogP contribution in [0.25, 0.3) is 0 Å². The lowest BCUT2D eigenvalue weighted by Gasteiger charge is -2.12. The summed E-state index contributed by atoms with van der Waals surface area (Å²) in [7, 11) is 0. The first-order valence-corrected chi connectivity index (χ1v) is 6.70. The Labute approximate surface area is 123 Å². The first-order valence-electron chi connectivity index (χ1n) is 6.70. The lowest BCUT2D eigenvalue weighted by molar-refractivity contribution is -0.385. The van der Waals surface area contributed by atoms with Gasteiger partial charge in [-0.2, -0.15) is 0 Å². The summed E-state index contributed by atoms with van der Waals surface area (Å²) in [5.41, 5.74) is 8.45. The second-order valence-electron chi connectivity index (χ2n) is 4.99. The first-order chi connectivity index (χ1) is 9.99. The number of nitrogens with two attached hydrogens (primary N) is 1. The van der Waals surface area contributed by atoms with Crippen LogP contribution < -0.4 is 10.5 Å². The van der Waals surface area contributed by atoms with Crippen molar-refractivity contribution in [2.24, 2.45) is 5.73 Å². The molecule has 0 aliphatic rings. The number of nitro groups is 1. The van der Waals surface area contributed by atoms with Gasteiger partial charge in [-0.15, -0.1) is 0 Å². The zero-order chi connectivity index (χ0) is 15.4. The highest BCUT2D eigenvalue weighted by atomic mass is 16.6. The minimum Gasteiger partial charge on any atom is -0.488 e. The highest BCUT2D eigenvalue weighted by Gasteiger charge is 2.13. The molecular formula is C16H18N2O3. The Kier molecular flexibility index (Phi) is 4.55. The summed E-state index contributed by atoms with van der Waals surface area (Å²) < 4.78 is 5.70. The molecule has 0 saturated heterocycles. The largest absolute Gasteiger partial charge is 0.488 e. The number of rotatable bonds is 5. The van der Waals surface area contributed by atoms with Crippen molar-refractivity contribution in [1.82, 2.24) is 0 Å². The molecule has 2 aromatic carbocycles. The molecule has 0 saturated carbocycles. The van der Waals surface area contributed by atoms with Crippen LogP contribution in [0.4, 0.5) is 5.69 Å². The highest BCUT2D eigenvalue weighted by molar-refractivity contribution is 5.41. The molecule has 2 N–H and O–H groups in total. The van der Waals surface area contributed by atoms with Crippen molar-refractivity contribution in [3.63, 3.8) is 0 Å². The lowest BCUT2D eigenvalue weighted by atomic mass is 10.1. The van der Waals surface area contributed by atoms with Crippen molar-refractivity contribution < 1.29 is 9.66 Å². The van der Waals surface area contributed by atoms with Gasteiger partial charge >= 0.3 is 0 Å². The normalized spacial score (nSPS) is 12.0. The van der Waals surface area contributed by atoms with E-state index >= 15 is 0 Å². The maximum atomic E-state index is 11.0. The summed E-state index contributed by atoms with van der Waals surface area (Å²) in [5, 5.41) is 11.0. The number of nitrogens with zero attached hydrogens (tertiary/aromatic N) is 1. The highest BCUT2D eigenvalue weighted by Crippen LogP contribution is 2.24. The summed E-state index contributed by atoms with van der Waals surface area (Å²) >= 11 is 0. The maximum absolute atomic E-state index is 11.0. The molecule has 110 valence electrons. The van der Waals surface area contributed by atoms with Crippen LogP contribution >= 0.6 is 0 Å². The molecule has 0 amide bonds. The fourth-order valence-electron chi connectivity index (χ4n) is 2.08. The van der Waals surface area contributed by atoms with E-state index in [1.165, 1.54) is 6.07 Å². The molecule has 0 aliphatic carbocycles. The molecule has 0 spiro atoms. The molecule has 0 fully saturated rings. The fraction of sp³-hybridized carbons (Fsp3) is 0.250. The van der Waals surface area contributed by atoms with E-state index in [4.69, 9.17) is 10.5 Å². The third kappa shape index (κ3) is 3.58. The van der Waals surface area contributed by atoms with Crippen LogP contribution in [0.3, 0.4) is 0 Å². The molecule has 2 aromatic rings. The van der Waals surface area contributed by atoms with Crippen molar-refractivity contribution in [3.05, 3.63) is 69.3 Å². The average molecular weight is 286 g/mol. The Balaban J connectivity index is 2.15. The Morgan fingerprint density at radius 3 is 2.62 bits per heavy atom. The molecule has 0 bridgehead atoms. The van der Waals surface area contributed by atoms with Gasteiger partial charge in [0.25, 0.3) is 5.69 Å². The van der Waals surface area contributed by atoms with Gasteiger partial charge in [-0.1, -0.05) is 24.3 Å². The van der Waals surface area contributed by atoms with E-state index in [2.05, 4.69) is 0 Å². The van der Waals surface area contributed by atoms with Crippen molar-refractivity contribution in [3.8, 4) is 5.75 Å². The van der Waals surface area contributed by atoms with Gasteiger partial charge in [-0.25, -0.2) is 0 Å². The van der Waals surface area contributed by atoms with E-state index < -0.39 is 4.92 Å². The summed E-state index contributed by atoms with van der Waals surface area (Å²) in [6.45, 7) is 4.01. The molecular weight excluding hydrogens is 268 g/mol. The topological polar surface area (TPSA) is 78.4 Å². The SMILES string of the molecule is Cc1cc(C(C)N)ccc1OCc1ccccc1[N+](=O)[O-]. The van der Waals surface area contributed by atoms with Gasteiger partial charge in [0.1, 0.15) is 12.4 Å². The molecule has 0 radical (unpaired) electrons. The Bertz CT molecular complexity index is 654. The van der Waals surface area contributed by atoms with E-state index in [1.54, 1.807) is 18.2 Å². The quantitative estimate of drug-likeness (QED) is 0.674. The number of aryl methyl sites for hydroxylation is 1. The summed E-state index contributed by atoms with van der Waals surface area (Å²) in [5.74, 6) is 0.706. The van der Waals surface area contributed by atoms with Crippen LogP contribution in [0.15, 0.2) is 42.5 Å². The number of hydrogen-bond donors (Lipinski definition) is 1. The van der Waals surface area contributed by atoms with E-state index in [-0.39, 0.29) is 18.3 Å². The van der Waals surface area contributed by atoms with Gasteiger partial charge in [-0.3, -0.25) is 10.1 Å². The zero-order valence-electron chi connectivity index (χ0n) is 12.1. The molecule has 0 aliphatic heterocycles. The number of para-hydroxylation sites is 1. The van der Waals surface area contributed by atoms with E-state index in [0.717, 1.165) is 11.1 Å². The van der Waals surface area contributed by atoms with Crippen LogP contribution in [0.5, 0.6) is 5.75 Å². The van der Waals surface area contributed by atoms with Gasteiger partial charge in [0.15, 0.2) is 0 Å². The third-order valence-corrected chi connectivity index (χ3v) is 3.30. The molecule has 5 heteroatoms. The first kappa shape index (κ1) is 15.0. The molecule has 2 rings (SSSR count). The van der Waals surface area contributed by atoms with Crippen LogP contribution in [-0.4, -0.2) is 4.92 Å². The molecule has 21 heavy (non-hydrogen) atoms. The molecule has 1 unspecified atom stereocenters. The maximum Gasteiger partial charge on any atom is 0.276 e. The van der Waals surface area contributed by atoms with Crippen molar-refractivity contribution >= 4 is 5.69 Å². The van der Waals surface area contributed by atoms with E-state index in [9.17, 15) is 10.1 Å². The minimum atomic E-state index is -0.398. The number of ether oxygens (including phenoxy) is 1. The van der Waals surface area contributed by atoms with Crippen molar-refractivity contribution in [1.29, 1.82) is 0 Å². The van der Waals surface area contributed by atoms with E-state index in [1.807, 2.05) is 32.0 Å².